The van der Waals surface area contributed by atoms with Crippen molar-refractivity contribution in [1.82, 2.24) is 10.6 Å². The third-order valence-electron chi connectivity index (χ3n) is 4.22. The largest absolute Gasteiger partial charge is 0.494 e. The molecule has 108 valence electrons. The Morgan fingerprint density at radius 1 is 1.35 bits per heavy atom. The lowest BCUT2D eigenvalue weighted by molar-refractivity contribution is 0.0923. The van der Waals surface area contributed by atoms with Crippen molar-refractivity contribution in [3.05, 3.63) is 29.6 Å². The number of hydrogen-bond donors (Lipinski definition) is 2. The summed E-state index contributed by atoms with van der Waals surface area (Å²) >= 11 is 0. The first-order valence-corrected chi connectivity index (χ1v) is 7.06. The molecule has 0 saturated carbocycles. The van der Waals surface area contributed by atoms with E-state index in [1.54, 1.807) is 6.07 Å². The third kappa shape index (κ3) is 2.63. The number of halogens is 1. The van der Waals surface area contributed by atoms with Gasteiger partial charge in [0.2, 0.25) is 0 Å². The molecule has 2 unspecified atom stereocenters. The summed E-state index contributed by atoms with van der Waals surface area (Å²) in [4.78, 5) is 12.2. The molecule has 20 heavy (non-hydrogen) atoms. The van der Waals surface area contributed by atoms with Crippen molar-refractivity contribution in [2.75, 3.05) is 7.11 Å². The fourth-order valence-corrected chi connectivity index (χ4v) is 3.25. The van der Waals surface area contributed by atoms with E-state index >= 15 is 0 Å². The molecule has 2 aliphatic heterocycles. The predicted molar refractivity (Wildman–Crippen MR) is 73.4 cm³/mol. The quantitative estimate of drug-likeness (QED) is 0.887. The molecule has 2 saturated heterocycles. The zero-order valence-electron chi connectivity index (χ0n) is 11.5. The number of fused-ring (bicyclic) bond motifs is 2. The number of rotatable bonds is 3. The third-order valence-corrected chi connectivity index (χ3v) is 4.22. The number of benzene rings is 1. The van der Waals surface area contributed by atoms with Crippen LogP contribution in [0.25, 0.3) is 0 Å². The summed E-state index contributed by atoms with van der Waals surface area (Å²) in [6.07, 6.45) is 4.30. The second-order valence-corrected chi connectivity index (χ2v) is 5.63. The molecule has 2 fully saturated rings. The topological polar surface area (TPSA) is 50.4 Å². The van der Waals surface area contributed by atoms with E-state index in [9.17, 15) is 9.18 Å². The minimum atomic E-state index is -0.509. The van der Waals surface area contributed by atoms with Gasteiger partial charge in [0.25, 0.3) is 5.91 Å². The lowest BCUT2D eigenvalue weighted by Crippen LogP contribution is -2.48. The number of amides is 1. The second kappa shape index (κ2) is 5.40. The van der Waals surface area contributed by atoms with Gasteiger partial charge in [0.1, 0.15) is 0 Å². The average molecular weight is 278 g/mol. The van der Waals surface area contributed by atoms with E-state index in [-0.39, 0.29) is 17.7 Å². The van der Waals surface area contributed by atoms with Crippen LogP contribution in [0.15, 0.2) is 18.2 Å². The highest BCUT2D eigenvalue weighted by molar-refractivity contribution is 5.94. The van der Waals surface area contributed by atoms with Crippen molar-refractivity contribution in [2.24, 2.45) is 0 Å². The van der Waals surface area contributed by atoms with Gasteiger partial charge in [0, 0.05) is 23.7 Å². The molecule has 0 aromatic heterocycles. The molecule has 4 nitrogen and oxygen atoms in total. The molecular weight excluding hydrogens is 259 g/mol. The van der Waals surface area contributed by atoms with E-state index in [4.69, 9.17) is 4.74 Å². The van der Waals surface area contributed by atoms with E-state index in [1.807, 2.05) is 0 Å². The Hall–Kier alpha value is -1.62. The van der Waals surface area contributed by atoms with E-state index in [2.05, 4.69) is 10.6 Å². The fraction of sp³-hybridized carbons (Fsp3) is 0.533. The molecule has 1 aromatic rings. The molecule has 2 aliphatic rings. The zero-order valence-corrected chi connectivity index (χ0v) is 11.5. The molecule has 1 amide bonds. The summed E-state index contributed by atoms with van der Waals surface area (Å²) in [7, 11) is 1.41. The summed E-state index contributed by atoms with van der Waals surface area (Å²) in [6.45, 7) is 0. The Morgan fingerprint density at radius 3 is 2.65 bits per heavy atom. The van der Waals surface area contributed by atoms with Crippen LogP contribution in [-0.2, 0) is 0 Å². The Bertz CT molecular complexity index is 509. The lowest BCUT2D eigenvalue weighted by Gasteiger charge is -2.29. The fourth-order valence-electron chi connectivity index (χ4n) is 3.25. The van der Waals surface area contributed by atoms with Gasteiger partial charge in [-0.05, 0) is 43.9 Å². The van der Waals surface area contributed by atoms with Gasteiger partial charge in [-0.15, -0.1) is 0 Å². The Morgan fingerprint density at radius 2 is 2.05 bits per heavy atom. The number of hydrogen-bond acceptors (Lipinski definition) is 3. The second-order valence-electron chi connectivity index (χ2n) is 5.63. The van der Waals surface area contributed by atoms with E-state index in [1.165, 1.54) is 32.1 Å². The first-order valence-electron chi connectivity index (χ1n) is 7.06. The molecule has 2 N–H and O–H groups in total. The maximum absolute atomic E-state index is 13.6. The number of nitrogens with one attached hydrogen (secondary N) is 2. The smallest absolute Gasteiger partial charge is 0.251 e. The average Bonchev–Trinajstić information content (AvgIpc) is 2.77. The molecule has 2 atom stereocenters. The van der Waals surface area contributed by atoms with Crippen LogP contribution in [0.3, 0.4) is 0 Å². The van der Waals surface area contributed by atoms with E-state index in [0.29, 0.717) is 17.6 Å². The summed E-state index contributed by atoms with van der Waals surface area (Å²) in [5, 5.41) is 6.54. The molecule has 2 heterocycles. The SMILES string of the molecule is COc1ccc(C(=O)NC2CC3CCC(C2)N3)cc1F. The van der Waals surface area contributed by atoms with Crippen LogP contribution < -0.4 is 15.4 Å². The van der Waals surface area contributed by atoms with Crippen LogP contribution in [0.1, 0.15) is 36.0 Å². The molecule has 2 bridgehead atoms. The maximum Gasteiger partial charge on any atom is 0.251 e. The highest BCUT2D eigenvalue weighted by Gasteiger charge is 2.34. The molecule has 0 aliphatic carbocycles. The first kappa shape index (κ1) is 13.4. The molecule has 0 spiro atoms. The highest BCUT2D eigenvalue weighted by Crippen LogP contribution is 2.27. The molecule has 0 radical (unpaired) electrons. The number of carbonyl (C=O) groups is 1. The minimum absolute atomic E-state index is 0.154. The number of piperidine rings is 1. The maximum atomic E-state index is 13.6. The zero-order chi connectivity index (χ0) is 14.1. The van der Waals surface area contributed by atoms with Gasteiger partial charge in [-0.1, -0.05) is 0 Å². The molecular formula is C15H19FN2O2. The van der Waals surface area contributed by atoms with Crippen LogP contribution >= 0.6 is 0 Å². The normalized spacial score (nSPS) is 28.2. The summed E-state index contributed by atoms with van der Waals surface area (Å²) in [5.74, 6) is -0.565. The Labute approximate surface area is 117 Å². The van der Waals surface area contributed by atoms with Gasteiger partial charge in [0.15, 0.2) is 11.6 Å². The Kier molecular flexibility index (Phi) is 3.61. The van der Waals surface area contributed by atoms with Crippen molar-refractivity contribution in [3.8, 4) is 5.75 Å². The number of methoxy groups -OCH3 is 1. The number of carbonyl (C=O) groups excluding carboxylic acids is 1. The molecule has 3 rings (SSSR count). The van der Waals surface area contributed by atoms with Gasteiger partial charge >= 0.3 is 0 Å². The first-order chi connectivity index (χ1) is 9.65. The van der Waals surface area contributed by atoms with E-state index in [0.717, 1.165) is 12.8 Å². The Balaban J connectivity index is 1.65. The van der Waals surface area contributed by atoms with Gasteiger partial charge in [-0.3, -0.25) is 4.79 Å². The standard InChI is InChI=1S/C15H19FN2O2/c1-20-14-5-2-9(6-13(14)16)15(19)18-12-7-10-3-4-11(8-12)17-10/h2,5-6,10-12,17H,3-4,7-8H2,1H3,(H,18,19). The van der Waals surface area contributed by atoms with Crippen molar-refractivity contribution in [2.45, 2.75) is 43.8 Å². The van der Waals surface area contributed by atoms with Crippen LogP contribution in [-0.4, -0.2) is 31.1 Å². The van der Waals surface area contributed by atoms with Gasteiger partial charge in [-0.25, -0.2) is 4.39 Å². The van der Waals surface area contributed by atoms with Crippen molar-refractivity contribution in [1.29, 1.82) is 0 Å². The van der Waals surface area contributed by atoms with Gasteiger partial charge < -0.3 is 15.4 Å². The summed E-state index contributed by atoms with van der Waals surface area (Å²) in [6, 6.07) is 5.53. The van der Waals surface area contributed by atoms with Crippen LogP contribution in [0.2, 0.25) is 0 Å². The van der Waals surface area contributed by atoms with Crippen molar-refractivity contribution >= 4 is 5.91 Å². The van der Waals surface area contributed by atoms with Gasteiger partial charge in [-0.2, -0.15) is 0 Å². The van der Waals surface area contributed by atoms with Crippen molar-refractivity contribution in [3.63, 3.8) is 0 Å². The lowest BCUT2D eigenvalue weighted by atomic mass is 9.99. The minimum Gasteiger partial charge on any atom is -0.494 e. The van der Waals surface area contributed by atoms with Crippen LogP contribution in [0.4, 0.5) is 4.39 Å². The summed E-state index contributed by atoms with van der Waals surface area (Å²) in [5.41, 5.74) is 0.342. The predicted octanol–water partition coefficient (Wildman–Crippen LogP) is 1.85. The van der Waals surface area contributed by atoms with E-state index < -0.39 is 5.82 Å². The monoisotopic (exact) mass is 278 g/mol. The molecule has 1 aromatic carbocycles. The van der Waals surface area contributed by atoms with Crippen molar-refractivity contribution < 1.29 is 13.9 Å². The molecule has 5 heteroatoms. The van der Waals surface area contributed by atoms with Crippen LogP contribution in [0, 0.1) is 5.82 Å². The van der Waals surface area contributed by atoms with Gasteiger partial charge in [0.05, 0.1) is 7.11 Å². The highest BCUT2D eigenvalue weighted by atomic mass is 19.1. The summed E-state index contributed by atoms with van der Waals surface area (Å²) < 4.78 is 18.5. The van der Waals surface area contributed by atoms with Crippen LogP contribution in [0.5, 0.6) is 5.75 Å². The number of ether oxygens (including phenoxy) is 1.